The molecule has 0 bridgehead atoms. The van der Waals surface area contributed by atoms with Crippen LogP contribution in [-0.4, -0.2) is 48.0 Å². The van der Waals surface area contributed by atoms with Crippen molar-refractivity contribution in [1.82, 2.24) is 20.2 Å². The van der Waals surface area contributed by atoms with Crippen molar-refractivity contribution >= 4 is 11.7 Å². The number of aromatic nitrogens is 2. The smallest absolute Gasteiger partial charge is 0.270 e. The second-order valence-electron chi connectivity index (χ2n) is 5.69. The molecule has 0 fully saturated rings. The zero-order valence-electron chi connectivity index (χ0n) is 13.8. The van der Waals surface area contributed by atoms with E-state index in [1.54, 1.807) is 6.07 Å². The lowest BCUT2D eigenvalue weighted by atomic mass is 10.1. The Kier molecular flexibility index (Phi) is 6.05. The van der Waals surface area contributed by atoms with E-state index in [1.165, 1.54) is 17.5 Å². The van der Waals surface area contributed by atoms with Gasteiger partial charge in [0.2, 0.25) is 0 Å². The maximum Gasteiger partial charge on any atom is 0.270 e. The third-order valence-corrected chi connectivity index (χ3v) is 3.30. The summed E-state index contributed by atoms with van der Waals surface area (Å²) in [6, 6.07) is 9.92. The molecule has 0 aliphatic heterocycles. The summed E-state index contributed by atoms with van der Waals surface area (Å²) in [7, 11) is 3.92. The van der Waals surface area contributed by atoms with Crippen LogP contribution < -0.4 is 10.6 Å². The summed E-state index contributed by atoms with van der Waals surface area (Å²) in [4.78, 5) is 22.2. The van der Waals surface area contributed by atoms with Gasteiger partial charge in [-0.2, -0.15) is 0 Å². The number of benzene rings is 1. The molecule has 0 radical (unpaired) electrons. The molecule has 6 heteroatoms. The minimum Gasteiger partial charge on any atom is -0.366 e. The van der Waals surface area contributed by atoms with E-state index in [2.05, 4.69) is 45.7 Å². The predicted octanol–water partition coefficient (Wildman–Crippen LogP) is 1.69. The Hall–Kier alpha value is -2.47. The lowest BCUT2D eigenvalue weighted by molar-refractivity contribution is 0.0946. The third kappa shape index (κ3) is 5.67. The Morgan fingerprint density at radius 3 is 2.78 bits per heavy atom. The molecule has 2 rings (SSSR count). The molecule has 0 saturated carbocycles. The molecule has 0 aliphatic carbocycles. The van der Waals surface area contributed by atoms with Gasteiger partial charge in [-0.15, -0.1) is 0 Å². The second kappa shape index (κ2) is 8.24. The number of amides is 1. The number of rotatable bonds is 7. The van der Waals surface area contributed by atoms with Gasteiger partial charge in [0, 0.05) is 25.7 Å². The van der Waals surface area contributed by atoms with Crippen molar-refractivity contribution < 1.29 is 4.79 Å². The maximum atomic E-state index is 12.0. The summed E-state index contributed by atoms with van der Waals surface area (Å²) in [6.45, 7) is 4.09. The van der Waals surface area contributed by atoms with Crippen LogP contribution in [0.1, 0.15) is 21.6 Å². The van der Waals surface area contributed by atoms with Gasteiger partial charge < -0.3 is 15.5 Å². The van der Waals surface area contributed by atoms with Gasteiger partial charge in [-0.05, 0) is 26.6 Å². The maximum absolute atomic E-state index is 12.0. The summed E-state index contributed by atoms with van der Waals surface area (Å²) in [6.07, 6.45) is 1.40. The zero-order valence-corrected chi connectivity index (χ0v) is 13.8. The van der Waals surface area contributed by atoms with Gasteiger partial charge >= 0.3 is 0 Å². The van der Waals surface area contributed by atoms with Gasteiger partial charge in [0.05, 0.1) is 0 Å². The van der Waals surface area contributed by atoms with E-state index in [0.717, 1.165) is 6.54 Å². The molecule has 0 unspecified atom stereocenters. The van der Waals surface area contributed by atoms with Crippen LogP contribution in [0.3, 0.4) is 0 Å². The number of likely N-dealkylation sites (N-methyl/N-ethyl adjacent to an activating group) is 1. The van der Waals surface area contributed by atoms with Crippen LogP contribution in [-0.2, 0) is 6.54 Å². The van der Waals surface area contributed by atoms with Gasteiger partial charge in [-0.1, -0.05) is 29.8 Å². The summed E-state index contributed by atoms with van der Waals surface area (Å²) in [5.41, 5.74) is 2.75. The fraction of sp³-hybridized carbons (Fsp3) is 0.353. The molecule has 1 heterocycles. The van der Waals surface area contributed by atoms with E-state index >= 15 is 0 Å². The van der Waals surface area contributed by atoms with Crippen molar-refractivity contribution in [2.75, 3.05) is 32.5 Å². The van der Waals surface area contributed by atoms with Crippen molar-refractivity contribution in [3.63, 3.8) is 0 Å². The topological polar surface area (TPSA) is 70.2 Å². The number of hydrogen-bond acceptors (Lipinski definition) is 5. The first-order valence-electron chi connectivity index (χ1n) is 7.59. The van der Waals surface area contributed by atoms with Crippen LogP contribution in [0.2, 0.25) is 0 Å². The monoisotopic (exact) mass is 313 g/mol. The SMILES string of the molecule is Cc1cccc(CNc2cc(C(=O)NCCN(C)C)ncn2)c1. The predicted molar refractivity (Wildman–Crippen MR) is 91.4 cm³/mol. The Bertz CT molecular complexity index is 657. The van der Waals surface area contributed by atoms with Gasteiger partial charge in [0.15, 0.2) is 0 Å². The van der Waals surface area contributed by atoms with Gasteiger partial charge in [-0.3, -0.25) is 4.79 Å². The molecule has 1 aromatic heterocycles. The lowest BCUT2D eigenvalue weighted by Crippen LogP contribution is -2.31. The molecule has 122 valence electrons. The average molecular weight is 313 g/mol. The van der Waals surface area contributed by atoms with E-state index < -0.39 is 0 Å². The highest BCUT2D eigenvalue weighted by atomic mass is 16.1. The number of nitrogens with one attached hydrogen (secondary N) is 2. The van der Waals surface area contributed by atoms with Crippen molar-refractivity contribution in [3.8, 4) is 0 Å². The Balaban J connectivity index is 1.92. The van der Waals surface area contributed by atoms with E-state index in [-0.39, 0.29) is 5.91 Å². The molecule has 0 aliphatic rings. The van der Waals surface area contributed by atoms with Crippen LogP contribution in [0.15, 0.2) is 36.7 Å². The van der Waals surface area contributed by atoms with Crippen LogP contribution in [0.4, 0.5) is 5.82 Å². The summed E-state index contributed by atoms with van der Waals surface area (Å²) in [5, 5.41) is 6.06. The molecule has 6 nitrogen and oxygen atoms in total. The van der Waals surface area contributed by atoms with Crippen LogP contribution in [0.5, 0.6) is 0 Å². The summed E-state index contributed by atoms with van der Waals surface area (Å²) >= 11 is 0. The van der Waals surface area contributed by atoms with Crippen molar-refractivity contribution in [2.24, 2.45) is 0 Å². The van der Waals surface area contributed by atoms with Gasteiger partial charge in [-0.25, -0.2) is 9.97 Å². The standard InChI is InChI=1S/C17H23N5O/c1-13-5-4-6-14(9-13)11-19-16-10-15(20-12-21-16)17(23)18-7-8-22(2)3/h4-6,9-10,12H,7-8,11H2,1-3H3,(H,18,23)(H,19,20,21). The van der Waals surface area contributed by atoms with Gasteiger partial charge in [0.25, 0.3) is 5.91 Å². The summed E-state index contributed by atoms with van der Waals surface area (Å²) < 4.78 is 0. The molecule has 1 aromatic carbocycles. The first-order valence-corrected chi connectivity index (χ1v) is 7.59. The fourth-order valence-corrected chi connectivity index (χ4v) is 2.08. The Morgan fingerprint density at radius 1 is 1.22 bits per heavy atom. The highest BCUT2D eigenvalue weighted by Gasteiger charge is 2.08. The normalized spacial score (nSPS) is 10.6. The number of aryl methyl sites for hydroxylation is 1. The molecule has 0 spiro atoms. The number of nitrogens with zero attached hydrogens (tertiary/aromatic N) is 3. The molecule has 1 amide bonds. The zero-order chi connectivity index (χ0) is 16.7. The first-order chi connectivity index (χ1) is 11.0. The Labute approximate surface area is 137 Å². The largest absolute Gasteiger partial charge is 0.366 e. The first kappa shape index (κ1) is 16.9. The highest BCUT2D eigenvalue weighted by Crippen LogP contribution is 2.08. The lowest BCUT2D eigenvalue weighted by Gasteiger charge is -2.11. The number of hydrogen-bond donors (Lipinski definition) is 2. The summed E-state index contributed by atoms with van der Waals surface area (Å²) in [5.74, 6) is 0.451. The highest BCUT2D eigenvalue weighted by molar-refractivity contribution is 5.92. The average Bonchev–Trinajstić information content (AvgIpc) is 2.53. The number of anilines is 1. The molecule has 23 heavy (non-hydrogen) atoms. The molecule has 2 N–H and O–H groups in total. The molecule has 0 atom stereocenters. The van der Waals surface area contributed by atoms with Crippen molar-refractivity contribution in [1.29, 1.82) is 0 Å². The van der Waals surface area contributed by atoms with Crippen LogP contribution in [0, 0.1) is 6.92 Å². The fourth-order valence-electron chi connectivity index (χ4n) is 2.08. The van der Waals surface area contributed by atoms with E-state index in [4.69, 9.17) is 0 Å². The molecular weight excluding hydrogens is 290 g/mol. The van der Waals surface area contributed by atoms with Crippen molar-refractivity contribution in [2.45, 2.75) is 13.5 Å². The van der Waals surface area contributed by atoms with E-state index in [1.807, 2.05) is 25.1 Å². The molecule has 2 aromatic rings. The second-order valence-corrected chi connectivity index (χ2v) is 5.69. The quantitative estimate of drug-likeness (QED) is 0.814. The number of carbonyl (C=O) groups is 1. The van der Waals surface area contributed by atoms with Crippen LogP contribution >= 0.6 is 0 Å². The number of carbonyl (C=O) groups excluding carboxylic acids is 1. The third-order valence-electron chi connectivity index (χ3n) is 3.30. The molecular formula is C17H23N5O. The minimum absolute atomic E-state index is 0.187. The minimum atomic E-state index is -0.187. The molecule has 0 saturated heterocycles. The van der Waals surface area contributed by atoms with Crippen molar-refractivity contribution in [3.05, 3.63) is 53.5 Å². The van der Waals surface area contributed by atoms with Crippen LogP contribution in [0.25, 0.3) is 0 Å². The van der Waals surface area contributed by atoms with E-state index in [9.17, 15) is 4.79 Å². The Morgan fingerprint density at radius 2 is 2.04 bits per heavy atom. The van der Waals surface area contributed by atoms with Gasteiger partial charge in [0.1, 0.15) is 17.8 Å². The van der Waals surface area contributed by atoms with E-state index in [0.29, 0.717) is 24.6 Å².